The molecule has 2 heterocycles. The first kappa shape index (κ1) is 25.6. The zero-order valence-electron chi connectivity index (χ0n) is 22.4. The van der Waals surface area contributed by atoms with Gasteiger partial charge in [-0.2, -0.15) is 0 Å². The lowest BCUT2D eigenvalue weighted by atomic mass is 9.96. The van der Waals surface area contributed by atoms with Crippen molar-refractivity contribution in [2.24, 2.45) is 0 Å². The highest BCUT2D eigenvalue weighted by molar-refractivity contribution is 6.05. The number of urea groups is 1. The summed E-state index contributed by atoms with van der Waals surface area (Å²) in [5, 5.41) is 10.4. The van der Waals surface area contributed by atoms with E-state index >= 15 is 0 Å². The molecule has 7 heteroatoms. The van der Waals surface area contributed by atoms with E-state index in [4.69, 9.17) is 4.42 Å². The number of hydrogen-bond acceptors (Lipinski definition) is 5. The summed E-state index contributed by atoms with van der Waals surface area (Å²) in [7, 11) is 0. The molecule has 7 nitrogen and oxygen atoms in total. The van der Waals surface area contributed by atoms with Gasteiger partial charge in [0.15, 0.2) is 0 Å². The summed E-state index contributed by atoms with van der Waals surface area (Å²) in [5.74, 6) is 1.52. The number of aromatic nitrogens is 2. The zero-order valence-corrected chi connectivity index (χ0v) is 22.4. The van der Waals surface area contributed by atoms with Gasteiger partial charge in [-0.3, -0.25) is 0 Å². The van der Waals surface area contributed by atoms with Crippen LogP contribution >= 0.6 is 0 Å². The third-order valence-electron chi connectivity index (χ3n) is 7.45. The van der Waals surface area contributed by atoms with Crippen molar-refractivity contribution >= 4 is 28.6 Å². The van der Waals surface area contributed by atoms with Crippen molar-refractivity contribution in [3.8, 4) is 22.5 Å². The number of nitrogens with one attached hydrogen (secondary N) is 3. The van der Waals surface area contributed by atoms with Gasteiger partial charge in [0.1, 0.15) is 17.9 Å². The second-order valence-electron chi connectivity index (χ2n) is 10.2. The molecule has 202 valence electrons. The molecule has 0 bridgehead atoms. The van der Waals surface area contributed by atoms with E-state index in [1.165, 1.54) is 25.6 Å². The molecular formula is C33H33N5O2. The fourth-order valence-corrected chi connectivity index (χ4v) is 5.42. The van der Waals surface area contributed by atoms with E-state index in [-0.39, 0.29) is 12.1 Å². The highest BCUT2D eigenvalue weighted by Crippen LogP contribution is 2.42. The lowest BCUT2D eigenvalue weighted by molar-refractivity contribution is 0.244. The molecule has 2 aromatic heterocycles. The molecule has 3 N–H and O–H groups in total. The van der Waals surface area contributed by atoms with Crippen molar-refractivity contribution in [1.82, 2.24) is 15.3 Å². The Bertz CT molecular complexity index is 1560. The van der Waals surface area contributed by atoms with E-state index in [2.05, 4.69) is 38.1 Å². The van der Waals surface area contributed by atoms with Gasteiger partial charge >= 0.3 is 6.03 Å². The second kappa shape index (κ2) is 12.0. The lowest BCUT2D eigenvalue weighted by Crippen LogP contribution is -2.38. The van der Waals surface area contributed by atoms with Gasteiger partial charge in [-0.15, -0.1) is 0 Å². The molecule has 2 amide bonds. The lowest BCUT2D eigenvalue weighted by Gasteiger charge is -2.22. The monoisotopic (exact) mass is 531 g/mol. The fraction of sp³-hybridized carbons (Fsp3) is 0.242. The highest BCUT2D eigenvalue weighted by Gasteiger charge is 2.22. The van der Waals surface area contributed by atoms with Gasteiger partial charge in [0.05, 0.1) is 5.39 Å². The summed E-state index contributed by atoms with van der Waals surface area (Å²) < 4.78 is 6.31. The molecule has 1 fully saturated rings. The average Bonchev–Trinajstić information content (AvgIpc) is 3.40. The van der Waals surface area contributed by atoms with Crippen molar-refractivity contribution in [3.63, 3.8) is 0 Å². The number of anilines is 2. The molecule has 1 saturated carbocycles. The molecule has 0 spiro atoms. The Morgan fingerprint density at radius 3 is 2.25 bits per heavy atom. The summed E-state index contributed by atoms with van der Waals surface area (Å²) >= 11 is 0. The van der Waals surface area contributed by atoms with E-state index in [1.807, 2.05) is 72.8 Å². The summed E-state index contributed by atoms with van der Waals surface area (Å²) in [6, 6.07) is 28.5. The molecule has 6 rings (SSSR count). The van der Waals surface area contributed by atoms with E-state index in [0.29, 0.717) is 12.3 Å². The van der Waals surface area contributed by atoms with Gasteiger partial charge in [-0.1, -0.05) is 92.1 Å². The molecule has 0 unspecified atom stereocenters. The summed E-state index contributed by atoms with van der Waals surface area (Å²) in [6.07, 6.45) is 8.12. The van der Waals surface area contributed by atoms with Gasteiger partial charge in [0.25, 0.3) is 0 Å². The SMILES string of the molecule is O=C(Nc1ccc(CCNc2ncnc3oc(-c4ccccc4)c(-c4ccccc4)c23)cc1)NC1CCCCC1. The number of carbonyl (C=O) groups is 1. The number of fused-ring (bicyclic) bond motifs is 1. The first-order chi connectivity index (χ1) is 19.7. The Balaban J connectivity index is 1.16. The Kier molecular flexibility index (Phi) is 7.71. The summed E-state index contributed by atoms with van der Waals surface area (Å²) in [4.78, 5) is 21.4. The van der Waals surface area contributed by atoms with Crippen LogP contribution in [0.4, 0.5) is 16.3 Å². The molecule has 5 aromatic rings. The van der Waals surface area contributed by atoms with Crippen LogP contribution in [0.15, 0.2) is 95.7 Å². The minimum Gasteiger partial charge on any atom is -0.437 e. The third kappa shape index (κ3) is 5.83. The largest absolute Gasteiger partial charge is 0.437 e. The number of rotatable bonds is 8. The second-order valence-corrected chi connectivity index (χ2v) is 10.2. The maximum atomic E-state index is 12.4. The van der Waals surface area contributed by atoms with Crippen molar-refractivity contribution in [3.05, 3.63) is 96.8 Å². The van der Waals surface area contributed by atoms with Crippen molar-refractivity contribution in [2.45, 2.75) is 44.6 Å². The standard InChI is InChI=1S/C33H33N5O2/c39-33(37-26-14-8-3-9-15-26)38-27-18-16-23(17-19-27)20-21-34-31-29-28(24-10-4-1-5-11-24)30(25-12-6-2-7-13-25)40-32(29)36-22-35-31/h1-2,4-7,10-13,16-19,22,26H,3,8-9,14-15,20-21H2,(H,34,35,36)(H2,37,38,39). The molecule has 3 aromatic carbocycles. The summed E-state index contributed by atoms with van der Waals surface area (Å²) in [5.41, 5.74) is 5.53. The van der Waals surface area contributed by atoms with Crippen LogP contribution in [0, 0.1) is 0 Å². The Morgan fingerprint density at radius 1 is 0.825 bits per heavy atom. The van der Waals surface area contributed by atoms with Crippen LogP contribution in [0.1, 0.15) is 37.7 Å². The molecule has 1 aliphatic carbocycles. The van der Waals surface area contributed by atoms with Crippen LogP contribution in [0.3, 0.4) is 0 Å². The maximum Gasteiger partial charge on any atom is 0.319 e. The van der Waals surface area contributed by atoms with Crippen molar-refractivity contribution in [2.75, 3.05) is 17.2 Å². The Hall–Kier alpha value is -4.65. The summed E-state index contributed by atoms with van der Waals surface area (Å²) in [6.45, 7) is 0.682. The van der Waals surface area contributed by atoms with Crippen molar-refractivity contribution < 1.29 is 9.21 Å². The van der Waals surface area contributed by atoms with Crippen LogP contribution in [-0.2, 0) is 6.42 Å². The van der Waals surface area contributed by atoms with Crippen molar-refractivity contribution in [1.29, 1.82) is 0 Å². The molecule has 0 radical (unpaired) electrons. The average molecular weight is 532 g/mol. The van der Waals surface area contributed by atoms with Gasteiger partial charge in [0.2, 0.25) is 5.71 Å². The number of hydrogen-bond donors (Lipinski definition) is 3. The number of benzene rings is 3. The van der Waals surface area contributed by atoms with E-state index < -0.39 is 0 Å². The van der Waals surface area contributed by atoms with E-state index in [9.17, 15) is 4.79 Å². The molecule has 40 heavy (non-hydrogen) atoms. The van der Waals surface area contributed by atoms with Crippen LogP contribution in [0.2, 0.25) is 0 Å². The Morgan fingerprint density at radius 2 is 1.52 bits per heavy atom. The normalized spacial score (nSPS) is 13.7. The van der Waals surface area contributed by atoms with Gasteiger partial charge < -0.3 is 20.4 Å². The Labute approximate surface area is 234 Å². The number of carbonyl (C=O) groups excluding carboxylic acids is 1. The van der Waals surface area contributed by atoms with Crippen LogP contribution in [0.5, 0.6) is 0 Å². The highest BCUT2D eigenvalue weighted by atomic mass is 16.3. The van der Waals surface area contributed by atoms with E-state index in [1.54, 1.807) is 0 Å². The topological polar surface area (TPSA) is 92.1 Å². The van der Waals surface area contributed by atoms with Crippen LogP contribution < -0.4 is 16.0 Å². The smallest absolute Gasteiger partial charge is 0.319 e. The van der Waals surface area contributed by atoms with Gasteiger partial charge in [-0.05, 0) is 42.5 Å². The predicted molar refractivity (Wildman–Crippen MR) is 160 cm³/mol. The maximum absolute atomic E-state index is 12.4. The number of furan rings is 1. The number of amides is 2. The van der Waals surface area contributed by atoms with E-state index in [0.717, 1.165) is 64.2 Å². The predicted octanol–water partition coefficient (Wildman–Crippen LogP) is 7.67. The molecule has 0 saturated heterocycles. The quantitative estimate of drug-likeness (QED) is 0.191. The van der Waals surface area contributed by atoms with Crippen LogP contribution in [0.25, 0.3) is 33.6 Å². The minimum atomic E-state index is -0.127. The number of nitrogens with zero attached hydrogens (tertiary/aromatic N) is 2. The fourth-order valence-electron chi connectivity index (χ4n) is 5.42. The molecule has 1 aliphatic rings. The van der Waals surface area contributed by atoms with Gasteiger partial charge in [0, 0.05) is 29.4 Å². The molecule has 0 aliphatic heterocycles. The first-order valence-corrected chi connectivity index (χ1v) is 14.0. The first-order valence-electron chi connectivity index (χ1n) is 14.0. The van der Waals surface area contributed by atoms with Crippen LogP contribution in [-0.4, -0.2) is 28.6 Å². The molecule has 0 atom stereocenters. The third-order valence-corrected chi connectivity index (χ3v) is 7.45. The minimum absolute atomic E-state index is 0.127. The zero-order chi connectivity index (χ0) is 27.1. The van der Waals surface area contributed by atoms with Gasteiger partial charge in [-0.25, -0.2) is 14.8 Å². The molecular weight excluding hydrogens is 498 g/mol.